The van der Waals surface area contributed by atoms with E-state index >= 15 is 0 Å². The number of nitrogens with one attached hydrogen (secondary N) is 1. The van der Waals surface area contributed by atoms with Gasteiger partial charge in [0, 0.05) is 18.0 Å². The van der Waals surface area contributed by atoms with Crippen molar-refractivity contribution < 1.29 is 26.2 Å². The van der Waals surface area contributed by atoms with Crippen LogP contribution in [0, 0.1) is 0 Å². The lowest BCUT2D eigenvalue weighted by Crippen LogP contribution is -2.30. The molecule has 0 atom stereocenters. The molecule has 0 aliphatic rings. The fraction of sp³-hybridized carbons (Fsp3) is 0.364. The van der Waals surface area contributed by atoms with E-state index in [-0.39, 0.29) is 35.2 Å². The zero-order valence-electron chi connectivity index (χ0n) is 11.3. The molecule has 8 nitrogen and oxygen atoms in total. The third-order valence-corrected chi connectivity index (χ3v) is 5.63. The fourth-order valence-corrected chi connectivity index (χ4v) is 3.72. The summed E-state index contributed by atoms with van der Waals surface area (Å²) >= 11 is 5.34. The Bertz CT molecular complexity index is 761. The first-order valence-corrected chi connectivity index (χ1v) is 9.78. The number of carbonyl (C=O) groups excluding carboxylic acids is 1. The molecular formula is C11H15ClN2O6S2. The van der Waals surface area contributed by atoms with E-state index in [2.05, 4.69) is 5.32 Å². The number of carbonyl (C=O) groups is 1. The van der Waals surface area contributed by atoms with Gasteiger partial charge in [-0.3, -0.25) is 9.35 Å². The second-order valence-corrected chi connectivity index (χ2v) is 8.40. The van der Waals surface area contributed by atoms with Gasteiger partial charge in [0.15, 0.2) is 9.84 Å². The normalized spacial score (nSPS) is 12.1. The largest absolute Gasteiger partial charge is 0.398 e. The standard InChI is InChI=1S/C11H15ClN2O6S2/c12-3-5-21(16,17)6-4-14-11(15)8-1-2-10(9(13)7-8)22(18,19)20/h1-2,7H,3-6,13H2,(H,14,15)(H,18,19,20). The maximum absolute atomic E-state index is 11.8. The van der Waals surface area contributed by atoms with Crippen molar-refractivity contribution in [1.82, 2.24) is 5.32 Å². The van der Waals surface area contributed by atoms with E-state index in [1.807, 2.05) is 0 Å². The predicted molar refractivity (Wildman–Crippen MR) is 82.4 cm³/mol. The lowest BCUT2D eigenvalue weighted by Gasteiger charge is -2.08. The Morgan fingerprint density at radius 3 is 2.36 bits per heavy atom. The number of amides is 1. The Morgan fingerprint density at radius 1 is 1.23 bits per heavy atom. The van der Waals surface area contributed by atoms with Gasteiger partial charge >= 0.3 is 0 Å². The fourth-order valence-electron chi connectivity index (χ4n) is 1.57. The van der Waals surface area contributed by atoms with Crippen LogP contribution in [-0.2, 0) is 20.0 Å². The molecule has 124 valence electrons. The maximum atomic E-state index is 11.8. The first-order chi connectivity index (χ1) is 10.1. The minimum atomic E-state index is -4.47. The Kier molecular flexibility index (Phi) is 6.17. The van der Waals surface area contributed by atoms with Crippen LogP contribution in [0.5, 0.6) is 0 Å². The second kappa shape index (κ2) is 7.27. The van der Waals surface area contributed by atoms with Crippen molar-refractivity contribution in [1.29, 1.82) is 0 Å². The third-order valence-electron chi connectivity index (χ3n) is 2.64. The minimum Gasteiger partial charge on any atom is -0.398 e. The molecule has 1 aromatic rings. The summed E-state index contributed by atoms with van der Waals surface area (Å²) in [5, 5.41) is 2.37. The molecule has 22 heavy (non-hydrogen) atoms. The van der Waals surface area contributed by atoms with Crippen molar-refractivity contribution in [2.75, 3.05) is 29.7 Å². The first-order valence-electron chi connectivity index (χ1n) is 5.98. The van der Waals surface area contributed by atoms with Gasteiger partial charge < -0.3 is 11.1 Å². The van der Waals surface area contributed by atoms with Gasteiger partial charge in [0.1, 0.15) is 4.90 Å². The molecule has 0 unspecified atom stereocenters. The minimum absolute atomic E-state index is 0.0239. The molecule has 4 N–H and O–H groups in total. The Morgan fingerprint density at radius 2 is 1.86 bits per heavy atom. The summed E-state index contributed by atoms with van der Waals surface area (Å²) in [5.41, 5.74) is 5.21. The Labute approximate surface area is 133 Å². The average Bonchev–Trinajstić information content (AvgIpc) is 2.36. The predicted octanol–water partition coefficient (Wildman–Crippen LogP) is -0.101. The van der Waals surface area contributed by atoms with Gasteiger partial charge in [-0.25, -0.2) is 8.42 Å². The van der Waals surface area contributed by atoms with Crippen LogP contribution in [0.4, 0.5) is 5.69 Å². The SMILES string of the molecule is Nc1cc(C(=O)NCCS(=O)(=O)CCCl)ccc1S(=O)(=O)O. The number of nitrogen functional groups attached to an aromatic ring is 1. The molecule has 0 saturated heterocycles. The Balaban J connectivity index is 2.74. The van der Waals surface area contributed by atoms with Gasteiger partial charge in [0.25, 0.3) is 16.0 Å². The van der Waals surface area contributed by atoms with Crippen molar-refractivity contribution in [2.24, 2.45) is 0 Å². The lowest BCUT2D eigenvalue weighted by molar-refractivity contribution is 0.0956. The Hall–Kier alpha value is -1.36. The van der Waals surface area contributed by atoms with Crippen molar-refractivity contribution in [2.45, 2.75) is 4.90 Å². The van der Waals surface area contributed by atoms with Gasteiger partial charge in [0.05, 0.1) is 17.2 Å². The van der Waals surface area contributed by atoms with Crippen molar-refractivity contribution >= 4 is 43.2 Å². The number of hydrogen-bond acceptors (Lipinski definition) is 6. The first kappa shape index (κ1) is 18.7. The summed E-state index contributed by atoms with van der Waals surface area (Å²) in [5.74, 6) is -1.08. The summed E-state index contributed by atoms with van der Waals surface area (Å²) < 4.78 is 53.7. The number of alkyl halides is 1. The zero-order valence-corrected chi connectivity index (χ0v) is 13.7. The van der Waals surface area contributed by atoms with Crippen LogP contribution in [0.15, 0.2) is 23.1 Å². The van der Waals surface area contributed by atoms with Crippen molar-refractivity contribution in [3.05, 3.63) is 23.8 Å². The van der Waals surface area contributed by atoms with Gasteiger partial charge in [-0.1, -0.05) is 0 Å². The zero-order chi connectivity index (χ0) is 17.0. The molecule has 1 rings (SSSR count). The highest BCUT2D eigenvalue weighted by Gasteiger charge is 2.16. The van der Waals surface area contributed by atoms with Gasteiger partial charge in [-0.15, -0.1) is 11.6 Å². The van der Waals surface area contributed by atoms with Crippen LogP contribution in [0.3, 0.4) is 0 Å². The molecule has 0 spiro atoms. The number of nitrogens with two attached hydrogens (primary N) is 1. The van der Waals surface area contributed by atoms with Crippen molar-refractivity contribution in [3.63, 3.8) is 0 Å². The van der Waals surface area contributed by atoms with Crippen LogP contribution in [0.25, 0.3) is 0 Å². The smallest absolute Gasteiger partial charge is 0.296 e. The topological polar surface area (TPSA) is 144 Å². The summed E-state index contributed by atoms with van der Waals surface area (Å²) in [4.78, 5) is 11.3. The quantitative estimate of drug-likeness (QED) is 0.345. The highest BCUT2D eigenvalue weighted by molar-refractivity contribution is 7.91. The number of hydrogen-bond donors (Lipinski definition) is 3. The van der Waals surface area contributed by atoms with Crippen LogP contribution in [-0.4, -0.2) is 51.2 Å². The molecule has 11 heteroatoms. The third kappa shape index (κ3) is 5.44. The number of benzene rings is 1. The van der Waals surface area contributed by atoms with E-state index in [1.54, 1.807) is 0 Å². The molecule has 1 aromatic carbocycles. The summed E-state index contributed by atoms with van der Waals surface area (Å²) in [7, 11) is -7.79. The molecule has 0 heterocycles. The van der Waals surface area contributed by atoms with E-state index in [0.717, 1.165) is 18.2 Å². The molecule has 1 amide bonds. The molecular weight excluding hydrogens is 356 g/mol. The van der Waals surface area contributed by atoms with Gasteiger partial charge in [0.2, 0.25) is 0 Å². The van der Waals surface area contributed by atoms with E-state index in [9.17, 15) is 21.6 Å². The van der Waals surface area contributed by atoms with Crippen LogP contribution < -0.4 is 11.1 Å². The average molecular weight is 371 g/mol. The lowest BCUT2D eigenvalue weighted by atomic mass is 10.2. The van der Waals surface area contributed by atoms with Crippen LogP contribution >= 0.6 is 11.6 Å². The van der Waals surface area contributed by atoms with Crippen LogP contribution in [0.1, 0.15) is 10.4 Å². The summed E-state index contributed by atoms with van der Waals surface area (Å²) in [6, 6.07) is 3.22. The molecule has 0 radical (unpaired) electrons. The number of anilines is 1. The highest BCUT2D eigenvalue weighted by atomic mass is 35.5. The molecule has 0 saturated carbocycles. The molecule has 0 aliphatic carbocycles. The number of rotatable bonds is 7. The van der Waals surface area contributed by atoms with E-state index < -0.39 is 30.8 Å². The van der Waals surface area contributed by atoms with Crippen LogP contribution in [0.2, 0.25) is 0 Å². The summed E-state index contributed by atoms with van der Waals surface area (Å²) in [6.07, 6.45) is 0. The number of halogens is 1. The highest BCUT2D eigenvalue weighted by Crippen LogP contribution is 2.19. The van der Waals surface area contributed by atoms with Gasteiger partial charge in [-0.05, 0) is 18.2 Å². The molecule has 0 fully saturated rings. The van der Waals surface area contributed by atoms with E-state index in [0.29, 0.717) is 0 Å². The van der Waals surface area contributed by atoms with E-state index in [4.69, 9.17) is 21.9 Å². The summed E-state index contributed by atoms with van der Waals surface area (Å²) in [6.45, 7) is -0.113. The molecule has 0 aliphatic heterocycles. The second-order valence-electron chi connectivity index (χ2n) is 4.32. The van der Waals surface area contributed by atoms with E-state index in [1.165, 1.54) is 0 Å². The molecule has 0 aromatic heterocycles. The molecule has 0 bridgehead atoms. The monoisotopic (exact) mass is 370 g/mol. The van der Waals surface area contributed by atoms with Crippen molar-refractivity contribution in [3.8, 4) is 0 Å². The maximum Gasteiger partial charge on any atom is 0.296 e. The van der Waals surface area contributed by atoms with Gasteiger partial charge in [-0.2, -0.15) is 8.42 Å². The number of sulfone groups is 1.